The van der Waals surface area contributed by atoms with Crippen LogP contribution in [0, 0.1) is 0 Å². The lowest BCUT2D eigenvalue weighted by atomic mass is 10.1. The second-order valence-electron chi connectivity index (χ2n) is 4.06. The zero-order valence-electron chi connectivity index (χ0n) is 9.38. The van der Waals surface area contributed by atoms with Crippen molar-refractivity contribution in [1.29, 1.82) is 0 Å². The van der Waals surface area contributed by atoms with Gasteiger partial charge < -0.3 is 4.90 Å². The fourth-order valence-corrected chi connectivity index (χ4v) is 1.35. The summed E-state index contributed by atoms with van der Waals surface area (Å²) >= 11 is 0. The predicted octanol–water partition coefficient (Wildman–Crippen LogP) is 2.71. The van der Waals surface area contributed by atoms with E-state index in [0.717, 1.165) is 25.8 Å². The minimum atomic E-state index is -0.334. The number of hydrogen-bond acceptors (Lipinski definition) is 1. The van der Waals surface area contributed by atoms with Crippen molar-refractivity contribution >= 4 is 0 Å². The zero-order valence-corrected chi connectivity index (χ0v) is 9.38. The summed E-state index contributed by atoms with van der Waals surface area (Å²) in [6.07, 6.45) is 6.22. The molecule has 13 heavy (non-hydrogen) atoms. The van der Waals surface area contributed by atoms with E-state index in [0.29, 0.717) is 0 Å². The van der Waals surface area contributed by atoms with Crippen molar-refractivity contribution < 1.29 is 5.11 Å². The molecule has 0 aromatic heterocycles. The molecule has 0 rings (SSSR count). The van der Waals surface area contributed by atoms with Gasteiger partial charge in [0.2, 0.25) is 0 Å². The highest BCUT2D eigenvalue weighted by molar-refractivity contribution is 4.57. The summed E-state index contributed by atoms with van der Waals surface area (Å²) in [6.45, 7) is 3.13. The lowest BCUT2D eigenvalue weighted by molar-refractivity contribution is 0.0650. The van der Waals surface area contributed by atoms with Crippen molar-refractivity contribution in [2.45, 2.75) is 51.6 Å². The molecule has 1 unspecified atom stereocenters. The van der Waals surface area contributed by atoms with Crippen molar-refractivity contribution in [2.24, 2.45) is 0 Å². The first-order valence-corrected chi connectivity index (χ1v) is 5.47. The molecule has 0 amide bonds. The van der Waals surface area contributed by atoms with Crippen LogP contribution in [0.2, 0.25) is 0 Å². The summed E-state index contributed by atoms with van der Waals surface area (Å²) < 4.78 is 0. The maximum atomic E-state index is 11.4. The number of unbranched alkanes of at least 4 members (excludes halogenated alkanes) is 3. The molecule has 0 fully saturated rings. The van der Waals surface area contributed by atoms with Gasteiger partial charge in [0, 0.05) is 6.54 Å². The Kier molecular flexibility index (Phi) is 8.46. The summed E-state index contributed by atoms with van der Waals surface area (Å²) in [4.78, 5) is 2.08. The Morgan fingerprint density at radius 2 is 1.77 bits per heavy atom. The van der Waals surface area contributed by atoms with Crippen LogP contribution in [-0.2, 0) is 5.11 Å². The molecule has 0 aliphatic heterocycles. The summed E-state index contributed by atoms with van der Waals surface area (Å²) in [6, 6.07) is 0. The van der Waals surface area contributed by atoms with Crippen LogP contribution in [0.5, 0.6) is 0 Å². The maximum Gasteiger partial charge on any atom is 0.0942 e. The number of hydrogen-bond donors (Lipinski definition) is 0. The van der Waals surface area contributed by atoms with Crippen LogP contribution in [0.15, 0.2) is 0 Å². The third-order valence-corrected chi connectivity index (χ3v) is 2.28. The lowest BCUT2D eigenvalue weighted by Gasteiger charge is -2.12. The summed E-state index contributed by atoms with van der Waals surface area (Å²) in [5.41, 5.74) is 0. The minimum absolute atomic E-state index is 0.334. The van der Waals surface area contributed by atoms with E-state index in [1.54, 1.807) is 0 Å². The molecule has 0 aliphatic rings. The van der Waals surface area contributed by atoms with Gasteiger partial charge in [0.05, 0.1) is 6.10 Å². The Morgan fingerprint density at radius 3 is 2.31 bits per heavy atom. The quantitative estimate of drug-likeness (QED) is 0.534. The Labute approximate surface area is 82.9 Å². The van der Waals surface area contributed by atoms with E-state index in [4.69, 9.17) is 0 Å². The van der Waals surface area contributed by atoms with Gasteiger partial charge in [-0.1, -0.05) is 32.6 Å². The van der Waals surface area contributed by atoms with Crippen LogP contribution in [0.3, 0.4) is 0 Å². The van der Waals surface area contributed by atoms with E-state index in [1.165, 1.54) is 19.3 Å². The first-order chi connectivity index (χ1) is 6.16. The molecule has 1 atom stereocenters. The highest BCUT2D eigenvalue weighted by Crippen LogP contribution is 2.08. The molecule has 2 heteroatoms. The van der Waals surface area contributed by atoms with E-state index in [2.05, 4.69) is 11.8 Å². The third-order valence-electron chi connectivity index (χ3n) is 2.28. The predicted molar refractivity (Wildman–Crippen MR) is 56.4 cm³/mol. The molecule has 1 radical (unpaired) electrons. The molecule has 79 valence electrons. The monoisotopic (exact) mass is 186 g/mol. The second kappa shape index (κ2) is 8.52. The molecule has 0 saturated carbocycles. The highest BCUT2D eigenvalue weighted by atomic mass is 16.3. The van der Waals surface area contributed by atoms with Crippen molar-refractivity contribution in [2.75, 3.05) is 20.6 Å². The average Bonchev–Trinajstić information content (AvgIpc) is 2.09. The standard InChI is InChI=1S/C11H24NO/c1-4-5-6-7-8-11(13)9-10-12(2)3/h11H,4-10H2,1-3H3. The molecule has 0 aromatic carbocycles. The second-order valence-corrected chi connectivity index (χ2v) is 4.06. The van der Waals surface area contributed by atoms with Crippen molar-refractivity contribution in [3.8, 4) is 0 Å². The van der Waals surface area contributed by atoms with Gasteiger partial charge >= 0.3 is 0 Å². The van der Waals surface area contributed by atoms with Crippen molar-refractivity contribution in [1.82, 2.24) is 4.90 Å². The fraction of sp³-hybridized carbons (Fsp3) is 1.00. The summed E-state index contributed by atoms with van der Waals surface area (Å²) in [5, 5.41) is 11.4. The van der Waals surface area contributed by atoms with Crippen LogP contribution in [0.25, 0.3) is 0 Å². The lowest BCUT2D eigenvalue weighted by Crippen LogP contribution is -2.18. The molecular formula is C11H24NO. The molecule has 0 bridgehead atoms. The Balaban J connectivity index is 3.15. The van der Waals surface area contributed by atoms with Gasteiger partial charge in [-0.3, -0.25) is 0 Å². The average molecular weight is 186 g/mol. The van der Waals surface area contributed by atoms with Gasteiger partial charge in [-0.2, -0.15) is 0 Å². The molecule has 0 N–H and O–H groups in total. The molecule has 0 spiro atoms. The van der Waals surface area contributed by atoms with E-state index in [1.807, 2.05) is 14.1 Å². The van der Waals surface area contributed by atoms with Crippen LogP contribution < -0.4 is 0 Å². The van der Waals surface area contributed by atoms with E-state index < -0.39 is 0 Å². The smallest absolute Gasteiger partial charge is 0.0942 e. The van der Waals surface area contributed by atoms with E-state index >= 15 is 0 Å². The molecule has 0 aliphatic carbocycles. The van der Waals surface area contributed by atoms with Gasteiger partial charge in [0.25, 0.3) is 0 Å². The van der Waals surface area contributed by atoms with Crippen LogP contribution in [0.4, 0.5) is 0 Å². The Bertz CT molecular complexity index is 104. The Hall–Kier alpha value is -0.0800. The van der Waals surface area contributed by atoms with E-state index in [-0.39, 0.29) is 6.10 Å². The fourth-order valence-electron chi connectivity index (χ4n) is 1.35. The molecule has 0 heterocycles. The largest absolute Gasteiger partial charge is 0.309 e. The zero-order chi connectivity index (χ0) is 10.1. The first-order valence-electron chi connectivity index (χ1n) is 5.47. The maximum absolute atomic E-state index is 11.4. The minimum Gasteiger partial charge on any atom is -0.309 e. The number of rotatable bonds is 8. The van der Waals surface area contributed by atoms with Crippen molar-refractivity contribution in [3.05, 3.63) is 0 Å². The third kappa shape index (κ3) is 9.84. The molecule has 0 saturated heterocycles. The van der Waals surface area contributed by atoms with Gasteiger partial charge in [-0.05, 0) is 26.9 Å². The van der Waals surface area contributed by atoms with Crippen molar-refractivity contribution in [3.63, 3.8) is 0 Å². The van der Waals surface area contributed by atoms with Crippen LogP contribution >= 0.6 is 0 Å². The topological polar surface area (TPSA) is 23.1 Å². The van der Waals surface area contributed by atoms with Crippen LogP contribution in [0.1, 0.15) is 45.4 Å². The SMILES string of the molecule is CCCCCCC([O])CCN(C)C. The van der Waals surface area contributed by atoms with Gasteiger partial charge in [-0.25, -0.2) is 5.11 Å². The van der Waals surface area contributed by atoms with Crippen LogP contribution in [-0.4, -0.2) is 31.6 Å². The van der Waals surface area contributed by atoms with E-state index in [9.17, 15) is 5.11 Å². The normalized spacial score (nSPS) is 13.6. The molecule has 0 aromatic rings. The van der Waals surface area contributed by atoms with Gasteiger partial charge in [0.1, 0.15) is 0 Å². The summed E-state index contributed by atoms with van der Waals surface area (Å²) in [7, 11) is 4.04. The molecular weight excluding hydrogens is 162 g/mol. The Morgan fingerprint density at radius 1 is 1.08 bits per heavy atom. The molecule has 2 nitrogen and oxygen atoms in total. The number of nitrogens with zero attached hydrogens (tertiary/aromatic N) is 1. The first kappa shape index (κ1) is 12.9. The van der Waals surface area contributed by atoms with Gasteiger partial charge in [-0.15, -0.1) is 0 Å². The summed E-state index contributed by atoms with van der Waals surface area (Å²) in [5.74, 6) is 0. The highest BCUT2D eigenvalue weighted by Gasteiger charge is 2.05. The van der Waals surface area contributed by atoms with Gasteiger partial charge in [0.15, 0.2) is 0 Å².